The van der Waals surface area contributed by atoms with Crippen molar-refractivity contribution in [1.82, 2.24) is 0 Å². The van der Waals surface area contributed by atoms with Crippen LogP contribution in [0.4, 0.5) is 0 Å². The van der Waals surface area contributed by atoms with E-state index in [0.717, 1.165) is 66.4 Å². The molecule has 8 heteroatoms. The molecule has 0 unspecified atom stereocenters. The van der Waals surface area contributed by atoms with Crippen molar-refractivity contribution in [2.24, 2.45) is 0 Å². The fourth-order valence-electron chi connectivity index (χ4n) is 6.82. The third kappa shape index (κ3) is 5.74. The molecule has 0 radical (unpaired) electrons. The summed E-state index contributed by atoms with van der Waals surface area (Å²) in [7, 11) is 13.4. The molecule has 0 atom stereocenters. The molecule has 0 saturated carbocycles. The van der Waals surface area contributed by atoms with E-state index < -0.39 is 0 Å². The fraction of sp³-hybridized carbons (Fsp3) is 0.350. The number of ether oxygens (including phenoxy) is 8. The second-order valence-corrected chi connectivity index (χ2v) is 12.2. The molecule has 0 heterocycles. The van der Waals surface area contributed by atoms with Gasteiger partial charge in [0.15, 0.2) is 0 Å². The Morgan fingerprint density at radius 1 is 0.375 bits per heavy atom. The van der Waals surface area contributed by atoms with Gasteiger partial charge in [-0.2, -0.15) is 0 Å². The van der Waals surface area contributed by atoms with E-state index in [2.05, 4.69) is 39.8 Å². The molecule has 0 spiro atoms. The zero-order valence-electron chi connectivity index (χ0n) is 30.0. The molecule has 0 aliphatic rings. The van der Waals surface area contributed by atoms with Gasteiger partial charge in [0.2, 0.25) is 0 Å². The average molecular weight is 655 g/mol. The molecule has 0 fully saturated rings. The Hall–Kier alpha value is -4.98. The summed E-state index contributed by atoms with van der Waals surface area (Å²) >= 11 is 0. The standard InChI is InChI=1S/C40H46O8/c1-21(2)33-31(45-9)19-29-35(23-13-25(41-5)17-26(14-23)42-6)36(24-15-27(43-7)18-28(16-24)44-8)30-20-32(46-10)34(22(3)4)40(48-12)38(30)37(29)39(33)47-11/h13-22H,1-12H3. The van der Waals surface area contributed by atoms with Crippen LogP contribution in [0.5, 0.6) is 46.0 Å². The number of hydrogen-bond acceptors (Lipinski definition) is 8. The average Bonchev–Trinajstić information content (AvgIpc) is 3.11. The summed E-state index contributed by atoms with van der Waals surface area (Å²) in [6.45, 7) is 8.55. The Kier molecular flexibility index (Phi) is 10.0. The second-order valence-electron chi connectivity index (χ2n) is 12.2. The van der Waals surface area contributed by atoms with Crippen molar-refractivity contribution in [2.75, 3.05) is 56.9 Å². The normalized spacial score (nSPS) is 11.3. The highest BCUT2D eigenvalue weighted by atomic mass is 16.5. The zero-order valence-corrected chi connectivity index (χ0v) is 30.0. The summed E-state index contributed by atoms with van der Waals surface area (Å²) in [5, 5.41) is 3.58. The molecule has 0 aromatic heterocycles. The van der Waals surface area contributed by atoms with E-state index in [1.54, 1.807) is 56.9 Å². The first kappa shape index (κ1) is 34.4. The first-order chi connectivity index (χ1) is 23.1. The minimum atomic E-state index is 0.0887. The van der Waals surface area contributed by atoms with Gasteiger partial charge in [-0.25, -0.2) is 0 Å². The molecule has 0 aliphatic heterocycles. The number of methoxy groups -OCH3 is 8. The molecule has 48 heavy (non-hydrogen) atoms. The fourth-order valence-corrected chi connectivity index (χ4v) is 6.82. The Morgan fingerprint density at radius 2 is 0.688 bits per heavy atom. The SMILES string of the molecule is COc1cc(OC)cc(-c2c(-c3cc(OC)cc(OC)c3)c3cc(OC)c(C(C)C)c(OC)c3c3c(OC)c(C(C)C)c(OC)cc23)c1. The van der Waals surface area contributed by atoms with Crippen molar-refractivity contribution in [2.45, 2.75) is 39.5 Å². The summed E-state index contributed by atoms with van der Waals surface area (Å²) in [5.41, 5.74) is 5.45. The summed E-state index contributed by atoms with van der Waals surface area (Å²) in [6.07, 6.45) is 0. The van der Waals surface area contributed by atoms with Gasteiger partial charge in [-0.3, -0.25) is 0 Å². The van der Waals surface area contributed by atoms with Gasteiger partial charge in [0, 0.05) is 34.0 Å². The van der Waals surface area contributed by atoms with Crippen LogP contribution in [0.2, 0.25) is 0 Å². The van der Waals surface area contributed by atoms with Crippen LogP contribution in [0.15, 0.2) is 48.5 Å². The van der Waals surface area contributed by atoms with Crippen LogP contribution in [-0.2, 0) is 0 Å². The molecule has 254 valence electrons. The topological polar surface area (TPSA) is 73.8 Å². The van der Waals surface area contributed by atoms with Crippen LogP contribution in [0.1, 0.15) is 50.7 Å². The summed E-state index contributed by atoms with van der Waals surface area (Å²) < 4.78 is 48.1. The molecular formula is C40H46O8. The molecule has 8 nitrogen and oxygen atoms in total. The van der Waals surface area contributed by atoms with Gasteiger partial charge in [0.05, 0.1) is 56.9 Å². The Morgan fingerprint density at radius 3 is 0.917 bits per heavy atom. The van der Waals surface area contributed by atoms with Crippen LogP contribution in [0.25, 0.3) is 43.8 Å². The minimum Gasteiger partial charge on any atom is -0.497 e. The lowest BCUT2D eigenvalue weighted by molar-refractivity contribution is 0.383. The predicted molar refractivity (Wildman–Crippen MR) is 193 cm³/mol. The lowest BCUT2D eigenvalue weighted by Crippen LogP contribution is -2.05. The van der Waals surface area contributed by atoms with Crippen molar-refractivity contribution >= 4 is 21.5 Å². The maximum absolute atomic E-state index is 6.37. The summed E-state index contributed by atoms with van der Waals surface area (Å²) in [5.74, 6) is 5.64. The highest BCUT2D eigenvalue weighted by molar-refractivity contribution is 6.26. The first-order valence-electron chi connectivity index (χ1n) is 15.9. The van der Waals surface area contributed by atoms with E-state index in [1.165, 1.54) is 0 Å². The van der Waals surface area contributed by atoms with E-state index >= 15 is 0 Å². The van der Waals surface area contributed by atoms with Crippen LogP contribution < -0.4 is 37.9 Å². The van der Waals surface area contributed by atoms with Gasteiger partial charge >= 0.3 is 0 Å². The van der Waals surface area contributed by atoms with E-state index in [4.69, 9.17) is 37.9 Å². The van der Waals surface area contributed by atoms with Crippen molar-refractivity contribution in [3.8, 4) is 68.2 Å². The third-order valence-corrected chi connectivity index (χ3v) is 8.89. The quantitative estimate of drug-likeness (QED) is 0.123. The van der Waals surface area contributed by atoms with Crippen LogP contribution in [0.3, 0.4) is 0 Å². The van der Waals surface area contributed by atoms with E-state index in [0.29, 0.717) is 34.5 Å². The number of rotatable bonds is 12. The molecule has 0 aliphatic carbocycles. The molecule has 5 aromatic carbocycles. The van der Waals surface area contributed by atoms with Crippen LogP contribution >= 0.6 is 0 Å². The van der Waals surface area contributed by atoms with E-state index in [9.17, 15) is 0 Å². The number of hydrogen-bond donors (Lipinski definition) is 0. The molecule has 0 amide bonds. The Bertz CT molecular complexity index is 1790. The summed E-state index contributed by atoms with van der Waals surface area (Å²) in [4.78, 5) is 0. The highest BCUT2D eigenvalue weighted by Gasteiger charge is 2.30. The van der Waals surface area contributed by atoms with Crippen molar-refractivity contribution in [3.05, 3.63) is 59.7 Å². The van der Waals surface area contributed by atoms with Gasteiger partial charge in [-0.1, -0.05) is 27.7 Å². The van der Waals surface area contributed by atoms with Gasteiger partial charge in [0.25, 0.3) is 0 Å². The van der Waals surface area contributed by atoms with Crippen molar-refractivity contribution in [3.63, 3.8) is 0 Å². The molecule has 0 saturated heterocycles. The second kappa shape index (κ2) is 14.0. The third-order valence-electron chi connectivity index (χ3n) is 8.89. The molecule has 0 N–H and O–H groups in total. The van der Waals surface area contributed by atoms with E-state index in [1.807, 2.05) is 36.4 Å². The maximum atomic E-state index is 6.37. The zero-order chi connectivity index (χ0) is 34.9. The lowest BCUT2D eigenvalue weighted by atomic mass is 9.81. The van der Waals surface area contributed by atoms with Crippen LogP contribution in [-0.4, -0.2) is 56.9 Å². The van der Waals surface area contributed by atoms with Crippen molar-refractivity contribution < 1.29 is 37.9 Å². The number of fused-ring (bicyclic) bond motifs is 3. The largest absolute Gasteiger partial charge is 0.497 e. The van der Waals surface area contributed by atoms with Gasteiger partial charge < -0.3 is 37.9 Å². The molecule has 0 bridgehead atoms. The first-order valence-corrected chi connectivity index (χ1v) is 15.9. The molecule has 5 aromatic rings. The smallest absolute Gasteiger partial charge is 0.134 e. The van der Waals surface area contributed by atoms with Gasteiger partial charge in [-0.15, -0.1) is 0 Å². The Labute approximate surface area is 283 Å². The summed E-state index contributed by atoms with van der Waals surface area (Å²) in [6, 6.07) is 16.0. The number of benzene rings is 5. The lowest BCUT2D eigenvalue weighted by Gasteiger charge is -2.27. The van der Waals surface area contributed by atoms with E-state index in [-0.39, 0.29) is 11.8 Å². The molecular weight excluding hydrogens is 608 g/mol. The minimum absolute atomic E-state index is 0.0887. The monoisotopic (exact) mass is 654 g/mol. The Balaban J connectivity index is 2.26. The highest BCUT2D eigenvalue weighted by Crippen LogP contribution is 2.56. The van der Waals surface area contributed by atoms with Gasteiger partial charge in [-0.05, 0) is 81.3 Å². The van der Waals surface area contributed by atoms with Gasteiger partial charge in [0.1, 0.15) is 46.0 Å². The molecule has 5 rings (SSSR count). The maximum Gasteiger partial charge on any atom is 0.134 e. The van der Waals surface area contributed by atoms with Crippen molar-refractivity contribution in [1.29, 1.82) is 0 Å². The predicted octanol–water partition coefficient (Wildman–Crippen LogP) is 9.64. The van der Waals surface area contributed by atoms with Crippen LogP contribution in [0, 0.1) is 0 Å².